The zero-order chi connectivity index (χ0) is 32.3. The van der Waals surface area contributed by atoms with Gasteiger partial charge < -0.3 is 4.90 Å². The van der Waals surface area contributed by atoms with Gasteiger partial charge in [-0.15, -0.1) is 0 Å². The molecule has 7 aromatic carbocycles. The van der Waals surface area contributed by atoms with E-state index in [1.54, 1.807) is 0 Å². The molecule has 0 radical (unpaired) electrons. The van der Waals surface area contributed by atoms with Crippen LogP contribution in [0.25, 0.3) is 66.5 Å². The molecule has 0 fully saturated rings. The number of imidazole rings is 1. The number of para-hydroxylation sites is 5. The zero-order valence-corrected chi connectivity index (χ0v) is 26.5. The van der Waals surface area contributed by atoms with Gasteiger partial charge in [-0.1, -0.05) is 109 Å². The Morgan fingerprint density at radius 1 is 0.388 bits per heavy atom. The van der Waals surface area contributed by atoms with Crippen molar-refractivity contribution in [1.82, 2.24) is 18.9 Å². The quantitative estimate of drug-likeness (QED) is 0.191. The maximum absolute atomic E-state index is 5.37. The van der Waals surface area contributed by atoms with Gasteiger partial charge in [-0.3, -0.25) is 8.97 Å². The predicted molar refractivity (Wildman–Crippen MR) is 202 cm³/mol. The SMILES string of the molecule is c1ccc(-c2ccc(N(c3ccccc3)c3ccc4c5ccccc5n(-c5nc6ccccc6c6nc7ccccc7n56)c4c3)cc2)cc1. The van der Waals surface area contributed by atoms with E-state index in [2.05, 4.69) is 178 Å². The van der Waals surface area contributed by atoms with E-state index in [1.807, 2.05) is 12.1 Å². The van der Waals surface area contributed by atoms with Gasteiger partial charge in [0, 0.05) is 33.2 Å². The molecule has 3 aromatic heterocycles. The summed E-state index contributed by atoms with van der Waals surface area (Å²) in [6, 6.07) is 61.9. The first-order valence-corrected chi connectivity index (χ1v) is 16.5. The fourth-order valence-corrected chi connectivity index (χ4v) is 7.25. The van der Waals surface area contributed by atoms with Crippen molar-refractivity contribution in [3.8, 4) is 17.1 Å². The minimum atomic E-state index is 0.809. The molecule has 0 amide bonds. The molecule has 3 heterocycles. The lowest BCUT2D eigenvalue weighted by molar-refractivity contribution is 0.979. The maximum atomic E-state index is 5.37. The van der Waals surface area contributed by atoms with Gasteiger partial charge in [0.1, 0.15) is 5.65 Å². The van der Waals surface area contributed by atoms with E-state index in [0.29, 0.717) is 0 Å². The lowest BCUT2D eigenvalue weighted by Crippen LogP contribution is -2.10. The summed E-state index contributed by atoms with van der Waals surface area (Å²) >= 11 is 0. The first-order chi connectivity index (χ1) is 24.3. The molecule has 0 atom stereocenters. The topological polar surface area (TPSA) is 38.4 Å². The zero-order valence-electron chi connectivity index (χ0n) is 26.5. The minimum absolute atomic E-state index is 0.809. The maximum Gasteiger partial charge on any atom is 0.221 e. The van der Waals surface area contributed by atoms with Crippen LogP contribution in [0.1, 0.15) is 0 Å². The molecule has 49 heavy (non-hydrogen) atoms. The van der Waals surface area contributed by atoms with Gasteiger partial charge >= 0.3 is 0 Å². The lowest BCUT2D eigenvalue weighted by Gasteiger charge is -2.26. The normalized spacial score (nSPS) is 11.7. The Morgan fingerprint density at radius 2 is 0.959 bits per heavy atom. The summed E-state index contributed by atoms with van der Waals surface area (Å²) in [4.78, 5) is 12.8. The van der Waals surface area contributed by atoms with E-state index in [0.717, 1.165) is 61.6 Å². The Hall–Kier alpha value is -6.72. The number of rotatable bonds is 5. The van der Waals surface area contributed by atoms with Crippen LogP contribution in [0.5, 0.6) is 0 Å². The second-order valence-electron chi connectivity index (χ2n) is 12.3. The number of anilines is 3. The Morgan fingerprint density at radius 3 is 1.76 bits per heavy atom. The Kier molecular flexibility index (Phi) is 6.11. The van der Waals surface area contributed by atoms with E-state index >= 15 is 0 Å². The van der Waals surface area contributed by atoms with Crippen molar-refractivity contribution >= 4 is 66.5 Å². The second-order valence-corrected chi connectivity index (χ2v) is 12.3. The average molecular weight is 628 g/mol. The standard InChI is InChI=1S/C44H29N5/c1-3-13-30(14-4-1)31-23-25-33(26-24-31)47(32-15-5-2-6-16-32)34-27-28-36-35-17-8-11-21-40(35)48(42(36)29-34)44-46-38-19-9-7-18-37(38)43-45-39-20-10-12-22-41(39)49(43)44/h1-29H. The Labute approximate surface area is 282 Å². The highest BCUT2D eigenvalue weighted by atomic mass is 15.2. The van der Waals surface area contributed by atoms with Gasteiger partial charge in [-0.25, -0.2) is 9.97 Å². The Balaban J connectivity index is 1.25. The average Bonchev–Trinajstić information content (AvgIpc) is 3.72. The molecule has 0 aliphatic rings. The molecule has 0 unspecified atom stereocenters. The van der Waals surface area contributed by atoms with Crippen molar-refractivity contribution < 1.29 is 0 Å². The lowest BCUT2D eigenvalue weighted by atomic mass is 10.0. The molecule has 0 spiro atoms. The van der Waals surface area contributed by atoms with Crippen molar-refractivity contribution in [3.05, 3.63) is 176 Å². The molecule has 0 N–H and O–H groups in total. The summed E-state index contributed by atoms with van der Waals surface area (Å²) in [5, 5.41) is 3.37. The molecule has 0 aliphatic carbocycles. The molecular formula is C44H29N5. The van der Waals surface area contributed by atoms with Crippen molar-refractivity contribution in [3.63, 3.8) is 0 Å². The van der Waals surface area contributed by atoms with Gasteiger partial charge in [0.15, 0.2) is 0 Å². The number of hydrogen-bond donors (Lipinski definition) is 0. The van der Waals surface area contributed by atoms with Crippen LogP contribution in [0.3, 0.4) is 0 Å². The van der Waals surface area contributed by atoms with Crippen LogP contribution in [-0.2, 0) is 0 Å². The molecule has 0 saturated heterocycles. The number of fused-ring (bicyclic) bond motifs is 8. The fraction of sp³-hybridized carbons (Fsp3) is 0. The fourth-order valence-electron chi connectivity index (χ4n) is 7.25. The number of hydrogen-bond acceptors (Lipinski definition) is 3. The highest BCUT2D eigenvalue weighted by Crippen LogP contribution is 2.40. The summed E-state index contributed by atoms with van der Waals surface area (Å²) in [6.45, 7) is 0. The van der Waals surface area contributed by atoms with Crippen LogP contribution in [0.2, 0.25) is 0 Å². The third kappa shape index (κ3) is 4.33. The van der Waals surface area contributed by atoms with Gasteiger partial charge in [0.05, 0.1) is 27.6 Å². The minimum Gasteiger partial charge on any atom is -0.310 e. The van der Waals surface area contributed by atoms with Crippen molar-refractivity contribution in [2.24, 2.45) is 0 Å². The molecule has 0 aliphatic heterocycles. The molecule has 5 heteroatoms. The molecular weight excluding hydrogens is 599 g/mol. The molecule has 10 rings (SSSR count). The van der Waals surface area contributed by atoms with Gasteiger partial charge in [-0.2, -0.15) is 0 Å². The van der Waals surface area contributed by atoms with E-state index in [-0.39, 0.29) is 0 Å². The Bertz CT molecular complexity index is 2820. The van der Waals surface area contributed by atoms with Crippen LogP contribution in [0.4, 0.5) is 17.1 Å². The van der Waals surface area contributed by atoms with Crippen molar-refractivity contribution in [1.29, 1.82) is 0 Å². The van der Waals surface area contributed by atoms with Gasteiger partial charge in [0.2, 0.25) is 5.95 Å². The number of benzene rings is 7. The summed E-state index contributed by atoms with van der Waals surface area (Å²) in [5.41, 5.74) is 11.6. The number of aromatic nitrogens is 4. The smallest absolute Gasteiger partial charge is 0.221 e. The molecule has 0 bridgehead atoms. The summed E-state index contributed by atoms with van der Waals surface area (Å²) in [6.07, 6.45) is 0. The first kappa shape index (κ1) is 27.4. The predicted octanol–water partition coefficient (Wildman–Crippen LogP) is 11.3. The van der Waals surface area contributed by atoms with E-state index in [1.165, 1.54) is 21.9 Å². The monoisotopic (exact) mass is 627 g/mol. The van der Waals surface area contributed by atoms with Crippen LogP contribution in [-0.4, -0.2) is 18.9 Å². The number of nitrogens with zero attached hydrogens (tertiary/aromatic N) is 5. The second kappa shape index (κ2) is 10.9. The third-order valence-electron chi connectivity index (χ3n) is 9.49. The largest absolute Gasteiger partial charge is 0.310 e. The van der Waals surface area contributed by atoms with Crippen molar-refractivity contribution in [2.75, 3.05) is 4.90 Å². The van der Waals surface area contributed by atoms with Crippen LogP contribution in [0.15, 0.2) is 176 Å². The highest BCUT2D eigenvalue weighted by Gasteiger charge is 2.21. The third-order valence-corrected chi connectivity index (χ3v) is 9.49. The van der Waals surface area contributed by atoms with E-state index < -0.39 is 0 Å². The van der Waals surface area contributed by atoms with Crippen molar-refractivity contribution in [2.45, 2.75) is 0 Å². The molecule has 5 nitrogen and oxygen atoms in total. The summed E-state index contributed by atoms with van der Waals surface area (Å²) in [7, 11) is 0. The summed E-state index contributed by atoms with van der Waals surface area (Å²) in [5.74, 6) is 0.809. The van der Waals surface area contributed by atoms with E-state index in [4.69, 9.17) is 9.97 Å². The van der Waals surface area contributed by atoms with E-state index in [9.17, 15) is 0 Å². The van der Waals surface area contributed by atoms with Crippen LogP contribution < -0.4 is 4.90 Å². The molecule has 10 aromatic rings. The summed E-state index contributed by atoms with van der Waals surface area (Å²) < 4.78 is 4.52. The van der Waals surface area contributed by atoms with Crippen LogP contribution >= 0.6 is 0 Å². The first-order valence-electron chi connectivity index (χ1n) is 16.5. The van der Waals surface area contributed by atoms with Gasteiger partial charge in [-0.05, 0) is 77.9 Å². The van der Waals surface area contributed by atoms with Crippen LogP contribution in [0, 0.1) is 0 Å². The molecule has 0 saturated carbocycles. The molecule has 230 valence electrons. The highest BCUT2D eigenvalue weighted by molar-refractivity contribution is 6.10. The van der Waals surface area contributed by atoms with Gasteiger partial charge in [0.25, 0.3) is 0 Å².